The van der Waals surface area contributed by atoms with E-state index >= 15 is 0 Å². The molecule has 0 saturated carbocycles. The molecule has 0 radical (unpaired) electrons. The minimum Gasteiger partial charge on any atom is -0.455 e. The molecule has 9 aromatic carbocycles. The first-order valence-corrected chi connectivity index (χ1v) is 22.4. The minimum absolute atomic E-state index is 0.566. The highest BCUT2D eigenvalue weighted by atomic mass is 32.1. The molecule has 1 aliphatic carbocycles. The SMILES string of the molecule is C=C/C(=C\C)c1ccc(N(c2ccc(-c3cccc4c3oc3ccccc34)cc2)c2ccc3c(c2)C(c2ccccc2)(c2ccccc2)c2ccc4c(sc5ccccc54)c2-3)cc1. The molecule has 298 valence electrons. The zero-order chi connectivity index (χ0) is 42.1. The highest BCUT2D eigenvalue weighted by Crippen LogP contribution is 2.60. The summed E-state index contributed by atoms with van der Waals surface area (Å²) in [7, 11) is 0. The Morgan fingerprint density at radius 1 is 0.540 bits per heavy atom. The zero-order valence-electron chi connectivity index (χ0n) is 34.8. The van der Waals surface area contributed by atoms with Crippen molar-refractivity contribution in [3.05, 3.63) is 253 Å². The Morgan fingerprint density at radius 2 is 1.17 bits per heavy atom. The van der Waals surface area contributed by atoms with Crippen LogP contribution in [0.4, 0.5) is 17.1 Å². The molecule has 0 bridgehead atoms. The van der Waals surface area contributed by atoms with Crippen molar-refractivity contribution in [3.63, 3.8) is 0 Å². The Kier molecular flexibility index (Phi) is 8.67. The van der Waals surface area contributed by atoms with Gasteiger partial charge in [0.25, 0.3) is 0 Å². The Balaban J connectivity index is 1.09. The minimum atomic E-state index is -0.566. The molecule has 0 atom stereocenters. The summed E-state index contributed by atoms with van der Waals surface area (Å²) in [5.41, 5.74) is 16.6. The zero-order valence-corrected chi connectivity index (χ0v) is 35.6. The average molecular weight is 824 g/mol. The predicted octanol–water partition coefficient (Wildman–Crippen LogP) is 17.0. The summed E-state index contributed by atoms with van der Waals surface area (Å²) >= 11 is 1.91. The largest absolute Gasteiger partial charge is 0.455 e. The van der Waals surface area contributed by atoms with Crippen LogP contribution in [0.25, 0.3) is 69.9 Å². The standard InChI is InChI=1S/C60H41NOS/c1-3-39(4-2)40-26-30-44(31-27-40)61(45-32-28-41(29-33-45)47-22-15-23-50-48-20-11-13-24-55(48)62-58(47)50)46-34-35-52-54(38-46)60(42-16-7-5-8-17-42,43-18-9-6-10-19-43)53-37-36-51-49-21-12-14-25-56(49)63-59(51)57(52)53/h3-38H,1H2,2H3/b39-4+. The number of rotatable bonds is 8. The summed E-state index contributed by atoms with van der Waals surface area (Å²) in [6, 6.07) is 75.5. The maximum atomic E-state index is 6.49. The molecule has 12 rings (SSSR count). The summed E-state index contributed by atoms with van der Waals surface area (Å²) in [6.45, 7) is 6.15. The fourth-order valence-electron chi connectivity index (χ4n) is 10.3. The van der Waals surface area contributed by atoms with Crippen LogP contribution in [0.2, 0.25) is 0 Å². The van der Waals surface area contributed by atoms with Crippen molar-refractivity contribution in [2.45, 2.75) is 12.3 Å². The lowest BCUT2D eigenvalue weighted by Gasteiger charge is -2.35. The van der Waals surface area contributed by atoms with Crippen molar-refractivity contribution in [1.29, 1.82) is 0 Å². The smallest absolute Gasteiger partial charge is 0.143 e. The van der Waals surface area contributed by atoms with Crippen LogP contribution in [-0.4, -0.2) is 0 Å². The van der Waals surface area contributed by atoms with Gasteiger partial charge >= 0.3 is 0 Å². The summed E-state index contributed by atoms with van der Waals surface area (Å²) in [6.07, 6.45) is 4.03. The van der Waals surface area contributed by atoms with Crippen LogP contribution in [0.5, 0.6) is 0 Å². The van der Waals surface area contributed by atoms with Crippen LogP contribution in [-0.2, 0) is 5.41 Å². The van der Waals surface area contributed by atoms with Gasteiger partial charge in [0.1, 0.15) is 11.2 Å². The first kappa shape index (κ1) is 37.1. The predicted molar refractivity (Wildman–Crippen MR) is 268 cm³/mol. The van der Waals surface area contributed by atoms with Gasteiger partial charge in [-0.05, 0) is 100.0 Å². The van der Waals surface area contributed by atoms with Gasteiger partial charge in [-0.15, -0.1) is 11.3 Å². The van der Waals surface area contributed by atoms with Crippen molar-refractivity contribution in [2.75, 3.05) is 4.90 Å². The number of anilines is 3. The molecule has 2 nitrogen and oxygen atoms in total. The molecule has 3 heteroatoms. The van der Waals surface area contributed by atoms with E-state index in [1.54, 1.807) is 0 Å². The van der Waals surface area contributed by atoms with Gasteiger partial charge in [-0.3, -0.25) is 0 Å². The van der Waals surface area contributed by atoms with Crippen molar-refractivity contribution in [2.24, 2.45) is 0 Å². The second kappa shape index (κ2) is 14.7. The van der Waals surface area contributed by atoms with Crippen molar-refractivity contribution >= 4 is 76.1 Å². The summed E-state index contributed by atoms with van der Waals surface area (Å²) in [5, 5.41) is 4.87. The van der Waals surface area contributed by atoms with E-state index < -0.39 is 5.41 Å². The Labute approximate surface area is 370 Å². The van der Waals surface area contributed by atoms with Crippen LogP contribution in [0.1, 0.15) is 34.7 Å². The fraction of sp³-hybridized carbons (Fsp3) is 0.0333. The van der Waals surface area contributed by atoms with Gasteiger partial charge in [-0.25, -0.2) is 0 Å². The summed E-state index contributed by atoms with van der Waals surface area (Å²) in [5.74, 6) is 0. The van der Waals surface area contributed by atoms with Gasteiger partial charge in [0, 0.05) is 59.1 Å². The van der Waals surface area contributed by atoms with Crippen molar-refractivity contribution in [1.82, 2.24) is 0 Å². The van der Waals surface area contributed by atoms with Crippen LogP contribution in [0.15, 0.2) is 229 Å². The lowest BCUT2D eigenvalue weighted by molar-refractivity contribution is 0.670. The lowest BCUT2D eigenvalue weighted by Crippen LogP contribution is -2.28. The van der Waals surface area contributed by atoms with Crippen molar-refractivity contribution in [3.8, 4) is 22.3 Å². The molecule has 0 unspecified atom stereocenters. The number of para-hydroxylation sites is 2. The first-order valence-electron chi connectivity index (χ1n) is 21.6. The molecule has 0 fully saturated rings. The van der Waals surface area contributed by atoms with E-state index in [0.29, 0.717) is 0 Å². The third-order valence-corrected chi connectivity index (χ3v) is 14.3. The van der Waals surface area contributed by atoms with E-state index in [4.69, 9.17) is 4.42 Å². The van der Waals surface area contributed by atoms with Gasteiger partial charge in [0.15, 0.2) is 0 Å². The van der Waals surface area contributed by atoms with E-state index in [2.05, 4.69) is 219 Å². The Hall–Kier alpha value is -7.72. The number of benzene rings is 9. The van der Waals surface area contributed by atoms with Gasteiger partial charge in [0.05, 0.1) is 5.41 Å². The molecule has 0 aliphatic heterocycles. The number of allylic oxidation sites excluding steroid dienone is 3. The molecule has 2 heterocycles. The van der Waals surface area contributed by atoms with Crippen molar-refractivity contribution < 1.29 is 4.42 Å². The molecule has 0 spiro atoms. The number of furan rings is 1. The molecule has 0 N–H and O–H groups in total. The average Bonchev–Trinajstić information content (AvgIpc) is 4.02. The Morgan fingerprint density at radius 3 is 1.89 bits per heavy atom. The molecular weight excluding hydrogens is 783 g/mol. The number of nitrogens with zero attached hydrogens (tertiary/aromatic N) is 1. The molecule has 0 amide bonds. The maximum absolute atomic E-state index is 6.49. The second-order valence-corrected chi connectivity index (χ2v) is 17.4. The summed E-state index contributed by atoms with van der Waals surface area (Å²) in [4.78, 5) is 2.40. The normalized spacial score (nSPS) is 13.1. The van der Waals surface area contributed by atoms with E-state index in [1.165, 1.54) is 53.6 Å². The second-order valence-electron chi connectivity index (χ2n) is 16.3. The first-order chi connectivity index (χ1) is 31.1. The highest BCUT2D eigenvalue weighted by Gasteiger charge is 2.47. The number of thiophene rings is 1. The quantitative estimate of drug-likeness (QED) is 0.142. The third-order valence-electron chi connectivity index (χ3n) is 13.1. The van der Waals surface area contributed by atoms with Crippen LogP contribution >= 0.6 is 11.3 Å². The van der Waals surface area contributed by atoms with E-state index in [1.807, 2.05) is 29.5 Å². The number of hydrogen-bond acceptors (Lipinski definition) is 3. The van der Waals surface area contributed by atoms with Crippen LogP contribution < -0.4 is 4.90 Å². The van der Waals surface area contributed by atoms with Gasteiger partial charge in [-0.2, -0.15) is 0 Å². The molecule has 1 aliphatic rings. The monoisotopic (exact) mass is 823 g/mol. The van der Waals surface area contributed by atoms with E-state index in [9.17, 15) is 0 Å². The Bertz CT molecular complexity index is 3540. The highest BCUT2D eigenvalue weighted by molar-refractivity contribution is 7.26. The van der Waals surface area contributed by atoms with E-state index in [-0.39, 0.29) is 0 Å². The summed E-state index contributed by atoms with van der Waals surface area (Å²) < 4.78 is 9.13. The van der Waals surface area contributed by atoms with E-state index in [0.717, 1.165) is 61.3 Å². The fourth-order valence-corrected chi connectivity index (χ4v) is 11.6. The molecule has 11 aromatic rings. The molecule has 0 saturated heterocycles. The molecule has 2 aromatic heterocycles. The molecule has 63 heavy (non-hydrogen) atoms. The van der Waals surface area contributed by atoms with Gasteiger partial charge in [-0.1, -0.05) is 176 Å². The topological polar surface area (TPSA) is 16.4 Å². The third kappa shape index (κ3) is 5.63. The lowest BCUT2D eigenvalue weighted by atomic mass is 9.67. The van der Waals surface area contributed by atoms with Gasteiger partial charge < -0.3 is 9.32 Å². The maximum Gasteiger partial charge on any atom is 0.143 e. The van der Waals surface area contributed by atoms with Crippen LogP contribution in [0.3, 0.4) is 0 Å². The van der Waals surface area contributed by atoms with Crippen LogP contribution in [0, 0.1) is 0 Å². The number of hydrogen-bond donors (Lipinski definition) is 0. The number of fused-ring (bicyclic) bond motifs is 10. The molecular formula is C60H41NOS. The van der Waals surface area contributed by atoms with Gasteiger partial charge in [0.2, 0.25) is 0 Å².